The average Bonchev–Trinajstić information content (AvgIpc) is 2.75. The van der Waals surface area contributed by atoms with Gasteiger partial charge in [0.15, 0.2) is 6.61 Å². The summed E-state index contributed by atoms with van der Waals surface area (Å²) in [6.07, 6.45) is 2.78. The molecular weight excluding hydrogens is 398 g/mol. The number of carbonyl (C=O) groups is 4. The smallest absolute Gasteiger partial charge is 0.331 e. The molecule has 1 heterocycles. The van der Waals surface area contributed by atoms with Crippen molar-refractivity contribution in [3.63, 3.8) is 0 Å². The number of barbiturate groups is 1. The number of benzene rings is 2. The maximum atomic E-state index is 12.4. The monoisotopic (exact) mass is 419 g/mol. The van der Waals surface area contributed by atoms with E-state index in [0.29, 0.717) is 17.0 Å². The molecule has 1 aliphatic rings. The lowest BCUT2D eigenvalue weighted by Crippen LogP contribution is -2.54. The number of imide groups is 2. The van der Waals surface area contributed by atoms with E-state index in [1.165, 1.54) is 12.2 Å². The van der Waals surface area contributed by atoms with Crippen molar-refractivity contribution in [2.75, 3.05) is 18.5 Å². The van der Waals surface area contributed by atoms with Crippen molar-refractivity contribution < 1.29 is 23.9 Å². The number of aryl methyl sites for hydroxylation is 1. The van der Waals surface area contributed by atoms with E-state index in [1.54, 1.807) is 24.3 Å². The minimum absolute atomic E-state index is 0.00723. The molecule has 0 radical (unpaired) electrons. The third kappa shape index (κ3) is 5.45. The highest BCUT2D eigenvalue weighted by molar-refractivity contribution is 6.31. The minimum Gasteiger partial charge on any atom is -0.484 e. The molecule has 8 nitrogen and oxygen atoms in total. The Kier molecular flexibility index (Phi) is 6.61. The maximum Gasteiger partial charge on any atom is 0.331 e. The Bertz CT molecular complexity index is 1060. The SMILES string of the molecule is C=CCN1C(=O)NC(=O)/C(=C\c2ccc(OCC(=O)Nc3ccc(C)cc3)cc2)C1=O. The van der Waals surface area contributed by atoms with Gasteiger partial charge >= 0.3 is 6.03 Å². The van der Waals surface area contributed by atoms with Gasteiger partial charge in [-0.2, -0.15) is 0 Å². The highest BCUT2D eigenvalue weighted by atomic mass is 16.5. The van der Waals surface area contributed by atoms with E-state index in [-0.39, 0.29) is 24.6 Å². The average molecular weight is 419 g/mol. The molecule has 0 bridgehead atoms. The molecule has 31 heavy (non-hydrogen) atoms. The topological polar surface area (TPSA) is 105 Å². The van der Waals surface area contributed by atoms with Gasteiger partial charge < -0.3 is 10.1 Å². The summed E-state index contributed by atoms with van der Waals surface area (Å²) in [5.41, 5.74) is 2.17. The first-order chi connectivity index (χ1) is 14.9. The predicted molar refractivity (Wildman–Crippen MR) is 115 cm³/mol. The van der Waals surface area contributed by atoms with E-state index in [0.717, 1.165) is 10.5 Å². The number of nitrogens with zero attached hydrogens (tertiary/aromatic N) is 1. The quantitative estimate of drug-likeness (QED) is 0.408. The van der Waals surface area contributed by atoms with Gasteiger partial charge in [-0.25, -0.2) is 4.79 Å². The van der Waals surface area contributed by atoms with Gasteiger partial charge in [-0.15, -0.1) is 6.58 Å². The molecular formula is C23H21N3O5. The summed E-state index contributed by atoms with van der Waals surface area (Å²) in [5, 5.41) is 4.86. The van der Waals surface area contributed by atoms with Crippen LogP contribution in [0.25, 0.3) is 6.08 Å². The van der Waals surface area contributed by atoms with E-state index in [4.69, 9.17) is 4.74 Å². The lowest BCUT2D eigenvalue weighted by atomic mass is 10.1. The summed E-state index contributed by atoms with van der Waals surface area (Å²) in [6.45, 7) is 5.28. The van der Waals surface area contributed by atoms with Crippen LogP contribution in [0, 0.1) is 6.92 Å². The second kappa shape index (κ2) is 9.53. The van der Waals surface area contributed by atoms with E-state index in [2.05, 4.69) is 17.2 Å². The van der Waals surface area contributed by atoms with E-state index in [9.17, 15) is 19.2 Å². The molecule has 0 spiro atoms. The van der Waals surface area contributed by atoms with Gasteiger partial charge in [0.2, 0.25) is 0 Å². The van der Waals surface area contributed by atoms with Crippen LogP contribution >= 0.6 is 0 Å². The molecule has 2 N–H and O–H groups in total. The number of nitrogens with one attached hydrogen (secondary N) is 2. The van der Waals surface area contributed by atoms with Gasteiger partial charge in [-0.05, 0) is 42.8 Å². The third-order valence-corrected chi connectivity index (χ3v) is 4.39. The van der Waals surface area contributed by atoms with Gasteiger partial charge in [0.1, 0.15) is 11.3 Å². The summed E-state index contributed by atoms with van der Waals surface area (Å²) in [7, 11) is 0. The Labute approximate surface area is 179 Å². The lowest BCUT2D eigenvalue weighted by Gasteiger charge is -2.25. The molecule has 0 atom stereocenters. The fraction of sp³-hybridized carbons (Fsp3) is 0.130. The Balaban J connectivity index is 1.61. The molecule has 0 aromatic heterocycles. The fourth-order valence-corrected chi connectivity index (χ4v) is 2.80. The molecule has 3 rings (SSSR count). The van der Waals surface area contributed by atoms with E-state index >= 15 is 0 Å². The first-order valence-electron chi connectivity index (χ1n) is 9.46. The van der Waals surface area contributed by atoms with Crippen molar-refractivity contribution in [2.24, 2.45) is 0 Å². The van der Waals surface area contributed by atoms with E-state index in [1.807, 2.05) is 31.2 Å². The molecule has 1 aliphatic heterocycles. The molecule has 0 aliphatic carbocycles. The molecule has 1 fully saturated rings. The number of anilines is 1. The molecule has 0 saturated carbocycles. The standard InChI is InChI=1S/C23H21N3O5/c1-3-12-26-22(29)19(21(28)25-23(26)30)13-16-6-10-18(11-7-16)31-14-20(27)24-17-8-4-15(2)5-9-17/h3-11,13H,1,12,14H2,2H3,(H,24,27)(H,25,28,30)/b19-13+. The fourth-order valence-electron chi connectivity index (χ4n) is 2.80. The first kappa shape index (κ1) is 21.5. The number of hydrogen-bond donors (Lipinski definition) is 2. The second-order valence-corrected chi connectivity index (χ2v) is 6.79. The summed E-state index contributed by atoms with van der Waals surface area (Å²) >= 11 is 0. The van der Waals surface area contributed by atoms with Crippen LogP contribution in [0.3, 0.4) is 0 Å². The largest absolute Gasteiger partial charge is 0.484 e. The maximum absolute atomic E-state index is 12.4. The number of amides is 5. The molecule has 8 heteroatoms. The van der Waals surface area contributed by atoms with Crippen LogP contribution in [0.15, 0.2) is 66.8 Å². The van der Waals surface area contributed by atoms with Crippen molar-refractivity contribution in [1.82, 2.24) is 10.2 Å². The third-order valence-electron chi connectivity index (χ3n) is 4.39. The van der Waals surface area contributed by atoms with Crippen molar-refractivity contribution >= 4 is 35.5 Å². The predicted octanol–water partition coefficient (Wildman–Crippen LogP) is 2.66. The van der Waals surface area contributed by atoms with Crippen LogP contribution in [0.2, 0.25) is 0 Å². The number of rotatable bonds is 7. The van der Waals surface area contributed by atoms with Gasteiger partial charge in [0, 0.05) is 12.2 Å². The molecule has 5 amide bonds. The van der Waals surface area contributed by atoms with Crippen LogP contribution in [-0.2, 0) is 14.4 Å². The normalized spacial score (nSPS) is 14.9. The van der Waals surface area contributed by atoms with Crippen molar-refractivity contribution in [3.8, 4) is 5.75 Å². The molecule has 2 aromatic carbocycles. The minimum atomic E-state index is -0.778. The highest BCUT2D eigenvalue weighted by Crippen LogP contribution is 2.18. The number of carbonyl (C=O) groups excluding carboxylic acids is 4. The van der Waals surface area contributed by atoms with Crippen LogP contribution < -0.4 is 15.4 Å². The summed E-state index contributed by atoms with van der Waals surface area (Å²) in [5.74, 6) is -1.30. The Morgan fingerprint density at radius 3 is 2.42 bits per heavy atom. The summed E-state index contributed by atoms with van der Waals surface area (Å²) < 4.78 is 5.47. The summed E-state index contributed by atoms with van der Waals surface area (Å²) in [6, 6.07) is 13.1. The highest BCUT2D eigenvalue weighted by Gasteiger charge is 2.34. The number of urea groups is 1. The second-order valence-electron chi connectivity index (χ2n) is 6.79. The Hall–Kier alpha value is -4.20. The zero-order valence-electron chi connectivity index (χ0n) is 16.9. The van der Waals surface area contributed by atoms with Crippen LogP contribution in [-0.4, -0.2) is 41.8 Å². The molecule has 2 aromatic rings. The van der Waals surface area contributed by atoms with Crippen molar-refractivity contribution in [2.45, 2.75) is 6.92 Å². The van der Waals surface area contributed by atoms with Crippen LogP contribution in [0.5, 0.6) is 5.75 Å². The Morgan fingerprint density at radius 2 is 1.77 bits per heavy atom. The zero-order chi connectivity index (χ0) is 22.4. The van der Waals surface area contributed by atoms with Crippen molar-refractivity contribution in [3.05, 3.63) is 77.9 Å². The zero-order valence-corrected chi connectivity index (χ0v) is 16.9. The number of ether oxygens (including phenoxy) is 1. The molecule has 0 unspecified atom stereocenters. The van der Waals surface area contributed by atoms with Gasteiger partial charge in [-0.1, -0.05) is 35.9 Å². The lowest BCUT2D eigenvalue weighted by molar-refractivity contribution is -0.129. The van der Waals surface area contributed by atoms with Gasteiger partial charge in [-0.3, -0.25) is 24.6 Å². The number of hydrogen-bond acceptors (Lipinski definition) is 5. The molecule has 158 valence electrons. The van der Waals surface area contributed by atoms with Crippen LogP contribution in [0.1, 0.15) is 11.1 Å². The summed E-state index contributed by atoms with van der Waals surface area (Å²) in [4.78, 5) is 49.1. The molecule has 1 saturated heterocycles. The van der Waals surface area contributed by atoms with E-state index < -0.39 is 17.8 Å². The van der Waals surface area contributed by atoms with Crippen molar-refractivity contribution in [1.29, 1.82) is 0 Å². The van der Waals surface area contributed by atoms with Gasteiger partial charge in [0.25, 0.3) is 17.7 Å². The Morgan fingerprint density at radius 1 is 1.10 bits per heavy atom. The van der Waals surface area contributed by atoms with Crippen LogP contribution in [0.4, 0.5) is 10.5 Å². The van der Waals surface area contributed by atoms with Gasteiger partial charge in [0.05, 0.1) is 0 Å². The first-order valence-corrected chi connectivity index (χ1v) is 9.46.